The molecule has 0 saturated heterocycles. The summed E-state index contributed by atoms with van der Waals surface area (Å²) in [6.45, 7) is 0. The van der Waals surface area contributed by atoms with Crippen LogP contribution in [0.15, 0.2) is 0 Å². The van der Waals surface area contributed by atoms with Crippen LogP contribution in [0.5, 0.6) is 0 Å². The number of halogens is 2. The highest BCUT2D eigenvalue weighted by Crippen LogP contribution is 2.15. The van der Waals surface area contributed by atoms with E-state index in [1.54, 1.807) is 0 Å². The maximum absolute atomic E-state index is 4.14. The van der Waals surface area contributed by atoms with Crippen molar-refractivity contribution in [3.8, 4) is 0 Å². The van der Waals surface area contributed by atoms with Crippen LogP contribution < -0.4 is 40.9 Å². The molecule has 2 rings (SSSR count). The molecule has 30 heavy (non-hydrogen) atoms. The van der Waals surface area contributed by atoms with Crippen molar-refractivity contribution in [1.82, 2.24) is 0 Å². The Morgan fingerprint density at radius 1 is 0.333 bits per heavy atom. The van der Waals surface area contributed by atoms with E-state index in [-0.39, 0.29) is 73.2 Å². The zero-order chi connectivity index (χ0) is 14.5. The molecule has 2 saturated carbocycles. The van der Waals surface area contributed by atoms with Crippen molar-refractivity contribution in [2.45, 2.75) is 115 Å². The van der Waals surface area contributed by atoms with Crippen LogP contribution in [-0.2, 0) is 0 Å². The van der Waals surface area contributed by atoms with E-state index in [4.69, 9.17) is 0 Å². The van der Waals surface area contributed by atoms with Gasteiger partial charge in [0.15, 0.2) is 0 Å². The van der Waals surface area contributed by atoms with Gasteiger partial charge in [-0.25, -0.2) is 0 Å². The predicted octanol–water partition coefficient (Wildman–Crippen LogP) is -9.13. The molecule has 0 aromatic rings. The normalized spacial score (nSPS) is 16.6. The van der Waals surface area contributed by atoms with Gasteiger partial charge in [0.1, 0.15) is 0 Å². The zero-order valence-electron chi connectivity index (χ0n) is 18.6. The minimum absolute atomic E-state index is 0. The minimum atomic E-state index is 0. The first-order valence-corrected chi connectivity index (χ1v) is 9.45. The maximum atomic E-state index is 4.14. The molecule has 0 bridgehead atoms. The van der Waals surface area contributed by atoms with Crippen LogP contribution in [0.4, 0.5) is 0 Å². The fourth-order valence-electron chi connectivity index (χ4n) is 3.43. The summed E-state index contributed by atoms with van der Waals surface area (Å²) < 4.78 is 0. The number of hydrogen-bond donors (Lipinski definition) is 2. The van der Waals surface area contributed by atoms with Gasteiger partial charge in [0.05, 0.1) is 12.1 Å². The van der Waals surface area contributed by atoms with Gasteiger partial charge in [-0.1, -0.05) is 51.4 Å². The summed E-state index contributed by atoms with van der Waals surface area (Å²) in [6.07, 6.45) is 22.9. The topological polar surface area (TPSA) is 307 Å². The second-order valence-corrected chi connectivity index (χ2v) is 7.13. The van der Waals surface area contributed by atoms with Crippen LogP contribution in [0.2, 0.25) is 0 Å². The molecule has 0 amide bonds. The molecular formula is C18H56BrClN2O8. The van der Waals surface area contributed by atoms with Gasteiger partial charge in [0.2, 0.25) is 0 Å². The monoisotopic (exact) mass is 542 g/mol. The van der Waals surface area contributed by atoms with Crippen LogP contribution in [-0.4, -0.2) is 55.9 Å². The van der Waals surface area contributed by atoms with Gasteiger partial charge in [-0.05, 0) is 51.4 Å². The summed E-state index contributed by atoms with van der Waals surface area (Å²) in [6, 6.07) is 1.52. The third-order valence-corrected chi connectivity index (χ3v) is 4.95. The lowest BCUT2D eigenvalue weighted by Crippen LogP contribution is -3.00. The lowest BCUT2D eigenvalue weighted by atomic mass is 10.1. The van der Waals surface area contributed by atoms with Crippen LogP contribution in [0.1, 0.15) is 103 Å². The molecule has 2 aliphatic carbocycles. The quantitative estimate of drug-likeness (QED) is 0.287. The second kappa shape index (κ2) is 47.2. The zero-order valence-corrected chi connectivity index (χ0v) is 21.0. The summed E-state index contributed by atoms with van der Waals surface area (Å²) in [5.41, 5.74) is 8.28. The highest BCUT2D eigenvalue weighted by Gasteiger charge is 2.07. The molecule has 0 unspecified atom stereocenters. The third-order valence-electron chi connectivity index (χ3n) is 4.95. The van der Waals surface area contributed by atoms with Crippen molar-refractivity contribution in [3.63, 3.8) is 0 Å². The molecule has 0 aromatic heterocycles. The molecule has 0 aromatic carbocycles. The van der Waals surface area contributed by atoms with Gasteiger partial charge < -0.3 is 84.7 Å². The summed E-state index contributed by atoms with van der Waals surface area (Å²) in [4.78, 5) is 0. The average molecular weight is 544 g/mol. The average Bonchev–Trinajstić information content (AvgIpc) is 2.63. The Hall–Kier alpha value is 0.370. The van der Waals surface area contributed by atoms with E-state index in [1.165, 1.54) is 103 Å². The van der Waals surface area contributed by atoms with Crippen molar-refractivity contribution in [2.75, 3.05) is 0 Å². The van der Waals surface area contributed by atoms with Gasteiger partial charge in [0, 0.05) is 0 Å². The molecule has 0 aliphatic heterocycles. The molecule has 0 heterocycles. The van der Waals surface area contributed by atoms with Crippen molar-refractivity contribution >= 4 is 0 Å². The molecule has 22 N–H and O–H groups in total. The molecule has 12 heteroatoms. The van der Waals surface area contributed by atoms with Gasteiger partial charge in [0.25, 0.3) is 0 Å². The molecule has 0 spiro atoms. The van der Waals surface area contributed by atoms with Crippen molar-refractivity contribution in [2.24, 2.45) is 0 Å². The van der Waals surface area contributed by atoms with Crippen LogP contribution in [0, 0.1) is 0 Å². The largest absolute Gasteiger partial charge is 1.00 e. The molecular weight excluding hydrogens is 488 g/mol. The van der Waals surface area contributed by atoms with E-state index in [1.807, 2.05) is 0 Å². The Kier molecular flexibility index (Phi) is 99.4. The highest BCUT2D eigenvalue weighted by molar-refractivity contribution is 4.59. The van der Waals surface area contributed by atoms with E-state index in [0.29, 0.717) is 0 Å². The summed E-state index contributed by atoms with van der Waals surface area (Å²) in [5.74, 6) is 0. The SMILES string of the molecule is O.O.O.O.O.O.O.O.[Br-].[Cl-].[NH3+]C1CCCCCCCC1.[NH3+]C1CCCCCCCC1. The van der Waals surface area contributed by atoms with E-state index in [9.17, 15) is 0 Å². The van der Waals surface area contributed by atoms with Crippen LogP contribution >= 0.6 is 0 Å². The first kappa shape index (κ1) is 63.1. The molecule has 200 valence electrons. The highest BCUT2D eigenvalue weighted by atomic mass is 79.9. The number of hydrogen-bond acceptors (Lipinski definition) is 0. The molecule has 0 radical (unpaired) electrons. The fraction of sp³-hybridized carbons (Fsp3) is 1.00. The lowest BCUT2D eigenvalue weighted by Gasteiger charge is -2.03. The minimum Gasteiger partial charge on any atom is -1.00 e. The van der Waals surface area contributed by atoms with E-state index in [2.05, 4.69) is 11.5 Å². The smallest absolute Gasteiger partial charge is 0.0843 e. The standard InChI is InChI=1S/2C9H19N.BrH.ClH.8H2O/c2*10-9-7-5-3-1-2-4-6-8-9;;;;;;;;;;/h2*9H,1-8,10H2;2*1H;8*1H2. The van der Waals surface area contributed by atoms with Gasteiger partial charge in [-0.3, -0.25) is 0 Å². The molecule has 2 aliphatic rings. The second-order valence-electron chi connectivity index (χ2n) is 7.13. The van der Waals surface area contributed by atoms with Gasteiger partial charge in [-0.15, -0.1) is 0 Å². The van der Waals surface area contributed by atoms with Crippen molar-refractivity contribution in [3.05, 3.63) is 0 Å². The molecule has 10 nitrogen and oxygen atoms in total. The van der Waals surface area contributed by atoms with Gasteiger partial charge in [-0.2, -0.15) is 0 Å². The molecule has 0 atom stereocenters. The number of rotatable bonds is 0. The third kappa shape index (κ3) is 42.5. The van der Waals surface area contributed by atoms with Crippen LogP contribution in [0.3, 0.4) is 0 Å². The Balaban J connectivity index is -0.0000000250. The van der Waals surface area contributed by atoms with Crippen molar-refractivity contribution in [1.29, 1.82) is 0 Å². The maximum Gasteiger partial charge on any atom is 0.0843 e. The van der Waals surface area contributed by atoms with Crippen molar-refractivity contribution < 1.29 is 84.7 Å². The first-order valence-electron chi connectivity index (χ1n) is 9.45. The Bertz CT molecular complexity index is 200. The van der Waals surface area contributed by atoms with E-state index in [0.717, 1.165) is 12.1 Å². The summed E-state index contributed by atoms with van der Waals surface area (Å²) >= 11 is 0. The summed E-state index contributed by atoms with van der Waals surface area (Å²) in [7, 11) is 0. The Morgan fingerprint density at radius 2 is 0.467 bits per heavy atom. The van der Waals surface area contributed by atoms with E-state index >= 15 is 0 Å². The number of quaternary nitrogens is 2. The lowest BCUT2D eigenvalue weighted by molar-refractivity contribution is -0.423. The first-order chi connectivity index (χ1) is 9.79. The van der Waals surface area contributed by atoms with Gasteiger partial charge >= 0.3 is 0 Å². The molecule has 2 fully saturated rings. The fourth-order valence-corrected chi connectivity index (χ4v) is 3.43. The predicted molar refractivity (Wildman–Crippen MR) is 116 cm³/mol. The Labute approximate surface area is 199 Å². The van der Waals surface area contributed by atoms with Crippen LogP contribution in [0.25, 0.3) is 0 Å². The summed E-state index contributed by atoms with van der Waals surface area (Å²) in [5, 5.41) is 0. The Morgan fingerprint density at radius 3 is 0.633 bits per heavy atom. The van der Waals surface area contributed by atoms with E-state index < -0.39 is 0 Å².